The number of hydrogen-bond donors (Lipinski definition) is 1. The van der Waals surface area contributed by atoms with Crippen LogP contribution < -0.4 is 5.32 Å². The van der Waals surface area contributed by atoms with Crippen molar-refractivity contribution in [1.82, 2.24) is 10.3 Å². The van der Waals surface area contributed by atoms with Gasteiger partial charge in [-0.05, 0) is 38.2 Å². The van der Waals surface area contributed by atoms with Crippen molar-refractivity contribution in [2.24, 2.45) is 0 Å². The van der Waals surface area contributed by atoms with E-state index < -0.39 is 0 Å². The van der Waals surface area contributed by atoms with Crippen LogP contribution in [0.2, 0.25) is 5.02 Å². The van der Waals surface area contributed by atoms with E-state index in [2.05, 4.69) is 10.3 Å². The summed E-state index contributed by atoms with van der Waals surface area (Å²) in [6, 6.07) is 7.69. The van der Waals surface area contributed by atoms with Gasteiger partial charge in [0.05, 0.1) is 5.01 Å². The molecule has 1 unspecified atom stereocenters. The lowest BCUT2D eigenvalue weighted by atomic mass is 10.2. The number of aryl methyl sites for hydroxylation is 1. The van der Waals surface area contributed by atoms with E-state index in [0.717, 1.165) is 31.6 Å². The molecular weight excluding hydrogens is 280 g/mol. The minimum atomic E-state index is 0.0253. The average molecular weight is 293 g/mol. The fraction of sp³-hybridized carbons (Fsp3) is 0.214. The van der Waals surface area contributed by atoms with Gasteiger partial charge in [-0.25, -0.2) is 4.98 Å². The molecule has 0 bridgehead atoms. The molecular formula is C14H13ClN2OS. The highest BCUT2D eigenvalue weighted by Crippen LogP contribution is 2.31. The Morgan fingerprint density at radius 3 is 2.89 bits per heavy atom. The molecule has 1 N–H and O–H groups in total. The molecule has 3 aromatic rings. The molecule has 0 amide bonds. The van der Waals surface area contributed by atoms with Crippen molar-refractivity contribution < 1.29 is 4.42 Å². The summed E-state index contributed by atoms with van der Waals surface area (Å²) in [6.07, 6.45) is 1.89. The Hall–Kier alpha value is -1.36. The summed E-state index contributed by atoms with van der Waals surface area (Å²) in [6.45, 7) is 2.00. The second kappa shape index (κ2) is 4.96. The van der Waals surface area contributed by atoms with Gasteiger partial charge in [0.25, 0.3) is 0 Å². The standard InChI is InChI=1S/C14H13ClN2OS/c1-8-17-7-13(19-8)14(16-2)12-6-9-5-10(15)3-4-11(9)18-12/h3-7,14,16H,1-2H3. The first-order valence-corrected chi connectivity index (χ1v) is 7.15. The number of nitrogens with one attached hydrogen (secondary N) is 1. The van der Waals surface area contributed by atoms with Gasteiger partial charge in [-0.1, -0.05) is 11.6 Å². The zero-order chi connectivity index (χ0) is 13.4. The summed E-state index contributed by atoms with van der Waals surface area (Å²) < 4.78 is 5.90. The highest BCUT2D eigenvalue weighted by atomic mass is 35.5. The first-order valence-electron chi connectivity index (χ1n) is 5.96. The molecule has 1 aromatic carbocycles. The molecule has 0 aliphatic rings. The van der Waals surface area contributed by atoms with Crippen LogP contribution in [0, 0.1) is 6.92 Å². The van der Waals surface area contributed by atoms with Gasteiger partial charge < -0.3 is 9.73 Å². The van der Waals surface area contributed by atoms with Crippen LogP contribution in [0.15, 0.2) is 34.9 Å². The van der Waals surface area contributed by atoms with Crippen LogP contribution in [-0.2, 0) is 0 Å². The van der Waals surface area contributed by atoms with Crippen molar-refractivity contribution in [1.29, 1.82) is 0 Å². The number of hydrogen-bond acceptors (Lipinski definition) is 4. The Bertz CT molecular complexity index is 719. The van der Waals surface area contributed by atoms with E-state index in [9.17, 15) is 0 Å². The molecule has 98 valence electrons. The molecule has 3 nitrogen and oxygen atoms in total. The topological polar surface area (TPSA) is 38.1 Å². The predicted molar refractivity (Wildman–Crippen MR) is 79.0 cm³/mol. The zero-order valence-electron chi connectivity index (χ0n) is 10.6. The predicted octanol–water partition coefficient (Wildman–Crippen LogP) is 4.16. The lowest BCUT2D eigenvalue weighted by Crippen LogP contribution is -2.15. The summed E-state index contributed by atoms with van der Waals surface area (Å²) in [5, 5.41) is 6.05. The third kappa shape index (κ3) is 2.39. The van der Waals surface area contributed by atoms with Gasteiger partial charge in [0.2, 0.25) is 0 Å². The van der Waals surface area contributed by atoms with Gasteiger partial charge >= 0.3 is 0 Å². The third-order valence-corrected chi connectivity index (χ3v) is 4.21. The van der Waals surface area contributed by atoms with Crippen molar-refractivity contribution in [3.05, 3.63) is 51.1 Å². The first-order chi connectivity index (χ1) is 9.17. The largest absolute Gasteiger partial charge is 0.459 e. The molecule has 0 spiro atoms. The second-order valence-electron chi connectivity index (χ2n) is 4.33. The minimum Gasteiger partial charge on any atom is -0.459 e. The lowest BCUT2D eigenvalue weighted by molar-refractivity contribution is 0.495. The number of aromatic nitrogens is 1. The maximum absolute atomic E-state index is 6.00. The van der Waals surface area contributed by atoms with E-state index in [1.54, 1.807) is 11.3 Å². The van der Waals surface area contributed by atoms with Crippen LogP contribution >= 0.6 is 22.9 Å². The molecule has 0 aliphatic heterocycles. The number of halogens is 1. The van der Waals surface area contributed by atoms with E-state index >= 15 is 0 Å². The number of nitrogens with zero attached hydrogens (tertiary/aromatic N) is 1. The molecule has 0 aliphatic carbocycles. The van der Waals surface area contributed by atoms with Crippen LogP contribution in [0.3, 0.4) is 0 Å². The molecule has 5 heteroatoms. The monoisotopic (exact) mass is 292 g/mol. The van der Waals surface area contributed by atoms with Gasteiger partial charge in [0.1, 0.15) is 17.4 Å². The van der Waals surface area contributed by atoms with Gasteiger partial charge in [-0.2, -0.15) is 0 Å². The minimum absolute atomic E-state index is 0.0253. The number of thiazole rings is 1. The summed E-state index contributed by atoms with van der Waals surface area (Å²) in [4.78, 5) is 5.44. The number of fused-ring (bicyclic) bond motifs is 1. The first kappa shape index (κ1) is 12.7. The van der Waals surface area contributed by atoms with Gasteiger partial charge in [0, 0.05) is 21.5 Å². The molecule has 2 heterocycles. The molecule has 0 fully saturated rings. The van der Waals surface area contributed by atoms with Crippen LogP contribution in [0.5, 0.6) is 0 Å². The summed E-state index contributed by atoms with van der Waals surface area (Å²) in [5.41, 5.74) is 0.848. The van der Waals surface area contributed by atoms with Gasteiger partial charge in [0.15, 0.2) is 0 Å². The van der Waals surface area contributed by atoms with Gasteiger partial charge in [-0.3, -0.25) is 0 Å². The fourth-order valence-electron chi connectivity index (χ4n) is 2.11. The Labute approximate surface area is 120 Å². The highest BCUT2D eigenvalue weighted by molar-refractivity contribution is 7.11. The Morgan fingerprint density at radius 1 is 1.37 bits per heavy atom. The van der Waals surface area contributed by atoms with Crippen molar-refractivity contribution in [3.63, 3.8) is 0 Å². The number of benzene rings is 1. The Balaban J connectivity index is 2.06. The van der Waals surface area contributed by atoms with Crippen molar-refractivity contribution in [2.75, 3.05) is 7.05 Å². The van der Waals surface area contributed by atoms with E-state index in [1.807, 2.05) is 44.4 Å². The second-order valence-corrected chi connectivity index (χ2v) is 6.04. The van der Waals surface area contributed by atoms with Crippen LogP contribution in [0.4, 0.5) is 0 Å². The van der Waals surface area contributed by atoms with Crippen LogP contribution in [0.25, 0.3) is 11.0 Å². The van der Waals surface area contributed by atoms with Crippen LogP contribution in [0.1, 0.15) is 21.7 Å². The Morgan fingerprint density at radius 2 is 2.21 bits per heavy atom. The van der Waals surface area contributed by atoms with E-state index in [4.69, 9.17) is 16.0 Å². The molecule has 19 heavy (non-hydrogen) atoms. The average Bonchev–Trinajstić information content (AvgIpc) is 2.96. The van der Waals surface area contributed by atoms with Crippen molar-refractivity contribution in [3.8, 4) is 0 Å². The van der Waals surface area contributed by atoms with Gasteiger partial charge in [-0.15, -0.1) is 11.3 Å². The number of rotatable bonds is 3. The van der Waals surface area contributed by atoms with Crippen molar-refractivity contribution >= 4 is 33.9 Å². The highest BCUT2D eigenvalue weighted by Gasteiger charge is 2.19. The maximum Gasteiger partial charge on any atom is 0.134 e. The normalized spacial score (nSPS) is 13.0. The molecule has 3 rings (SSSR count). The third-order valence-electron chi connectivity index (χ3n) is 2.99. The van der Waals surface area contributed by atoms with Crippen LogP contribution in [-0.4, -0.2) is 12.0 Å². The summed E-state index contributed by atoms with van der Waals surface area (Å²) >= 11 is 7.67. The molecule has 2 aromatic heterocycles. The maximum atomic E-state index is 6.00. The van der Waals surface area contributed by atoms with E-state index in [1.165, 1.54) is 0 Å². The quantitative estimate of drug-likeness (QED) is 0.788. The summed E-state index contributed by atoms with van der Waals surface area (Å²) in [7, 11) is 1.92. The smallest absolute Gasteiger partial charge is 0.134 e. The fourth-order valence-corrected chi connectivity index (χ4v) is 3.20. The zero-order valence-corrected chi connectivity index (χ0v) is 12.2. The number of furan rings is 1. The molecule has 0 saturated heterocycles. The molecule has 0 saturated carbocycles. The van der Waals surface area contributed by atoms with Crippen molar-refractivity contribution in [2.45, 2.75) is 13.0 Å². The lowest BCUT2D eigenvalue weighted by Gasteiger charge is -2.10. The summed E-state index contributed by atoms with van der Waals surface area (Å²) in [5.74, 6) is 0.878. The van der Waals surface area contributed by atoms with E-state index in [0.29, 0.717) is 0 Å². The Kier molecular flexibility index (Phi) is 3.31. The molecule has 1 atom stereocenters. The SMILES string of the molecule is CNC(c1cc2cc(Cl)ccc2o1)c1cnc(C)s1. The molecule has 0 radical (unpaired) electrons. The van der Waals surface area contributed by atoms with E-state index in [-0.39, 0.29) is 6.04 Å².